The van der Waals surface area contributed by atoms with Gasteiger partial charge in [-0.1, -0.05) is 26.8 Å². The Hall–Kier alpha value is -1.12. The second-order valence-corrected chi connectivity index (χ2v) is 4.63. The Labute approximate surface area is 103 Å². The molecule has 0 saturated heterocycles. The van der Waals surface area contributed by atoms with Crippen LogP contribution in [0.25, 0.3) is 0 Å². The minimum Gasteiger partial charge on any atom is -0.310 e. The van der Waals surface area contributed by atoms with E-state index in [9.17, 15) is 9.18 Å². The maximum absolute atomic E-state index is 13.3. The lowest BCUT2D eigenvalue weighted by Crippen LogP contribution is -2.37. The molecule has 1 rings (SSSR count). The van der Waals surface area contributed by atoms with Gasteiger partial charge in [-0.15, -0.1) is 0 Å². The highest BCUT2D eigenvalue weighted by molar-refractivity contribution is 5.78. The molecule has 0 radical (unpaired) electrons. The van der Waals surface area contributed by atoms with Gasteiger partial charge in [0, 0.05) is 24.1 Å². The van der Waals surface area contributed by atoms with Crippen LogP contribution in [0.5, 0.6) is 0 Å². The fourth-order valence-corrected chi connectivity index (χ4v) is 1.94. The van der Waals surface area contributed by atoms with E-state index in [2.05, 4.69) is 6.92 Å². The summed E-state index contributed by atoms with van der Waals surface area (Å²) in [6.45, 7) is 7.76. The van der Waals surface area contributed by atoms with E-state index >= 15 is 0 Å². The van der Waals surface area contributed by atoms with Gasteiger partial charge in [0.25, 0.3) is 0 Å². The number of hydrogen-bond donors (Lipinski definition) is 0. The van der Waals surface area contributed by atoms with Crippen molar-refractivity contribution in [3.63, 3.8) is 0 Å². The van der Waals surface area contributed by atoms with Gasteiger partial charge in [-0.2, -0.15) is 0 Å². The van der Waals surface area contributed by atoms with Crippen LogP contribution in [0.1, 0.15) is 40.5 Å². The third kappa shape index (κ3) is 3.18. The number of carbonyl (C=O) groups is 1. The molecule has 0 aliphatic heterocycles. The van der Waals surface area contributed by atoms with E-state index in [1.54, 1.807) is 17.1 Å². The summed E-state index contributed by atoms with van der Waals surface area (Å²) in [6.07, 6.45) is 5.55. The van der Waals surface area contributed by atoms with Gasteiger partial charge >= 0.3 is 0 Å². The fourth-order valence-electron chi connectivity index (χ4n) is 1.94. The number of nitrogens with zero attached hydrogens (tertiary/aromatic N) is 1. The van der Waals surface area contributed by atoms with Crippen LogP contribution in [-0.2, 0) is 4.79 Å². The van der Waals surface area contributed by atoms with Crippen molar-refractivity contribution in [1.82, 2.24) is 4.90 Å². The number of halogens is 1. The van der Waals surface area contributed by atoms with Crippen LogP contribution in [0, 0.1) is 5.92 Å². The predicted molar refractivity (Wildman–Crippen MR) is 68.2 cm³/mol. The summed E-state index contributed by atoms with van der Waals surface area (Å²) in [5, 5.41) is 0. The number of rotatable bonds is 4. The predicted octanol–water partition coefficient (Wildman–Crippen LogP) is 3.45. The Morgan fingerprint density at radius 3 is 2.65 bits per heavy atom. The summed E-state index contributed by atoms with van der Waals surface area (Å²) in [5.74, 6) is -0.0639. The zero-order chi connectivity index (χ0) is 13.0. The molecule has 1 aliphatic carbocycles. The van der Waals surface area contributed by atoms with Crippen molar-refractivity contribution in [2.75, 3.05) is 0 Å². The highest BCUT2D eigenvalue weighted by atomic mass is 19.1. The molecule has 0 fully saturated rings. The first-order valence-electron chi connectivity index (χ1n) is 6.37. The fraction of sp³-hybridized carbons (Fsp3) is 0.643. The van der Waals surface area contributed by atoms with E-state index in [-0.39, 0.29) is 17.9 Å². The second-order valence-electron chi connectivity index (χ2n) is 4.63. The van der Waals surface area contributed by atoms with Crippen LogP contribution in [0.3, 0.4) is 0 Å². The monoisotopic (exact) mass is 239 g/mol. The Morgan fingerprint density at radius 1 is 1.53 bits per heavy atom. The lowest BCUT2D eigenvalue weighted by atomic mass is 9.98. The molecule has 0 aromatic carbocycles. The molecule has 0 bridgehead atoms. The first-order valence-corrected chi connectivity index (χ1v) is 6.37. The average Bonchev–Trinajstić information content (AvgIpc) is 2.33. The first kappa shape index (κ1) is 13.9. The van der Waals surface area contributed by atoms with Crippen molar-refractivity contribution in [1.29, 1.82) is 0 Å². The third-order valence-electron chi connectivity index (χ3n) is 3.27. The SMILES string of the molecule is CCC(=O)N(C1=CC(C)C(F)C=C1)C(C)CC. The lowest BCUT2D eigenvalue weighted by Gasteiger charge is -2.32. The largest absolute Gasteiger partial charge is 0.310 e. The molecule has 3 heteroatoms. The molecule has 0 N–H and O–H groups in total. The quantitative estimate of drug-likeness (QED) is 0.735. The van der Waals surface area contributed by atoms with Gasteiger partial charge < -0.3 is 4.90 Å². The zero-order valence-electron chi connectivity index (χ0n) is 11.1. The summed E-state index contributed by atoms with van der Waals surface area (Å²) in [6, 6.07) is 0.154. The van der Waals surface area contributed by atoms with Crippen molar-refractivity contribution in [3.05, 3.63) is 23.9 Å². The smallest absolute Gasteiger partial charge is 0.226 e. The molecule has 3 atom stereocenters. The van der Waals surface area contributed by atoms with Crippen LogP contribution in [0.15, 0.2) is 23.9 Å². The first-order chi connectivity index (χ1) is 8.01. The van der Waals surface area contributed by atoms with Gasteiger partial charge in [-0.3, -0.25) is 4.79 Å². The normalized spacial score (nSPS) is 25.4. The Morgan fingerprint density at radius 2 is 2.18 bits per heavy atom. The van der Waals surface area contributed by atoms with Gasteiger partial charge in [0.1, 0.15) is 6.17 Å². The minimum atomic E-state index is -0.936. The molecule has 0 aromatic heterocycles. The van der Waals surface area contributed by atoms with Crippen molar-refractivity contribution >= 4 is 5.91 Å². The number of alkyl halides is 1. The van der Waals surface area contributed by atoms with Gasteiger partial charge in [-0.05, 0) is 25.5 Å². The summed E-state index contributed by atoms with van der Waals surface area (Å²) in [7, 11) is 0. The molecular weight excluding hydrogens is 217 g/mol. The van der Waals surface area contributed by atoms with E-state index in [0.29, 0.717) is 6.42 Å². The summed E-state index contributed by atoms with van der Waals surface area (Å²) in [4.78, 5) is 13.7. The standard InChI is InChI=1S/C14H22FNO/c1-5-11(4)16(14(17)6-2)12-7-8-13(15)10(3)9-12/h7-11,13H,5-6H2,1-4H3. The van der Waals surface area contributed by atoms with Gasteiger partial charge in [0.15, 0.2) is 0 Å². The molecule has 17 heavy (non-hydrogen) atoms. The highest BCUT2D eigenvalue weighted by Crippen LogP contribution is 2.24. The van der Waals surface area contributed by atoms with Crippen molar-refractivity contribution in [3.8, 4) is 0 Å². The average molecular weight is 239 g/mol. The molecule has 0 aromatic rings. The Bertz CT molecular complexity index is 335. The number of allylic oxidation sites excluding steroid dienone is 3. The molecular formula is C14H22FNO. The maximum atomic E-state index is 13.3. The molecule has 0 saturated carbocycles. The van der Waals surface area contributed by atoms with E-state index in [1.807, 2.05) is 26.8 Å². The minimum absolute atomic E-state index is 0.0970. The lowest BCUT2D eigenvalue weighted by molar-refractivity contribution is -0.130. The number of hydrogen-bond acceptors (Lipinski definition) is 1. The molecule has 1 aliphatic rings. The van der Waals surface area contributed by atoms with E-state index in [4.69, 9.17) is 0 Å². The maximum Gasteiger partial charge on any atom is 0.226 e. The molecule has 96 valence electrons. The van der Waals surface area contributed by atoms with Crippen molar-refractivity contribution in [2.24, 2.45) is 5.92 Å². The third-order valence-corrected chi connectivity index (χ3v) is 3.27. The van der Waals surface area contributed by atoms with Crippen LogP contribution < -0.4 is 0 Å². The second kappa shape index (κ2) is 5.99. The van der Waals surface area contributed by atoms with Crippen molar-refractivity contribution in [2.45, 2.75) is 52.8 Å². The van der Waals surface area contributed by atoms with Crippen LogP contribution in [-0.4, -0.2) is 23.0 Å². The molecule has 0 spiro atoms. The van der Waals surface area contributed by atoms with Crippen LogP contribution in [0.2, 0.25) is 0 Å². The molecule has 1 amide bonds. The van der Waals surface area contributed by atoms with E-state index < -0.39 is 6.17 Å². The van der Waals surface area contributed by atoms with Gasteiger partial charge in [-0.25, -0.2) is 4.39 Å². The van der Waals surface area contributed by atoms with Crippen LogP contribution >= 0.6 is 0 Å². The van der Waals surface area contributed by atoms with Gasteiger partial charge in [0.05, 0.1) is 0 Å². The highest BCUT2D eigenvalue weighted by Gasteiger charge is 2.24. The van der Waals surface area contributed by atoms with E-state index in [0.717, 1.165) is 12.1 Å². The van der Waals surface area contributed by atoms with E-state index in [1.165, 1.54) is 0 Å². The summed E-state index contributed by atoms with van der Waals surface area (Å²) < 4.78 is 13.3. The molecule has 3 unspecified atom stereocenters. The van der Waals surface area contributed by atoms with Crippen LogP contribution in [0.4, 0.5) is 4.39 Å². The zero-order valence-corrected chi connectivity index (χ0v) is 11.1. The van der Waals surface area contributed by atoms with Gasteiger partial charge in [0.2, 0.25) is 5.91 Å². The number of amides is 1. The Balaban J connectivity index is 2.96. The summed E-state index contributed by atoms with van der Waals surface area (Å²) in [5.41, 5.74) is 0.840. The summed E-state index contributed by atoms with van der Waals surface area (Å²) >= 11 is 0. The Kier molecular flexibility index (Phi) is 4.91. The topological polar surface area (TPSA) is 20.3 Å². The van der Waals surface area contributed by atoms with Crippen molar-refractivity contribution < 1.29 is 9.18 Å². The number of carbonyl (C=O) groups excluding carboxylic acids is 1. The molecule has 2 nitrogen and oxygen atoms in total. The molecule has 0 heterocycles.